The molecule has 0 aliphatic rings. The predicted molar refractivity (Wildman–Crippen MR) is 88.1 cm³/mol. The van der Waals surface area contributed by atoms with E-state index in [1.165, 1.54) is 6.33 Å². The molecule has 25 heavy (non-hydrogen) atoms. The van der Waals surface area contributed by atoms with Gasteiger partial charge in [-0.1, -0.05) is 28.9 Å². The summed E-state index contributed by atoms with van der Waals surface area (Å²) in [5.41, 5.74) is 2.00. The van der Waals surface area contributed by atoms with Gasteiger partial charge in [0.2, 0.25) is 17.6 Å². The number of amides is 1. The summed E-state index contributed by atoms with van der Waals surface area (Å²) in [5, 5.41) is 17.7. The van der Waals surface area contributed by atoms with Gasteiger partial charge in [0.25, 0.3) is 0 Å². The van der Waals surface area contributed by atoms with Crippen LogP contribution in [0.5, 0.6) is 0 Å². The van der Waals surface area contributed by atoms with Gasteiger partial charge < -0.3 is 9.84 Å². The number of hydrogen-bond acceptors (Lipinski definition) is 7. The number of hydrogen-bond donors (Lipinski definition) is 1. The van der Waals surface area contributed by atoms with Gasteiger partial charge in [-0.05, 0) is 36.8 Å². The highest BCUT2D eigenvalue weighted by molar-refractivity contribution is 5.76. The number of tetrazole rings is 1. The van der Waals surface area contributed by atoms with Gasteiger partial charge in [0.05, 0.1) is 0 Å². The molecule has 2 heterocycles. The van der Waals surface area contributed by atoms with Crippen molar-refractivity contribution in [2.75, 3.05) is 0 Å². The number of nitrogens with zero attached hydrogens (tertiary/aromatic N) is 6. The molecule has 0 aliphatic heterocycles. The second-order valence-electron chi connectivity index (χ2n) is 5.79. The van der Waals surface area contributed by atoms with Crippen molar-refractivity contribution in [1.82, 2.24) is 35.7 Å². The summed E-state index contributed by atoms with van der Waals surface area (Å²) in [4.78, 5) is 16.4. The average molecular weight is 341 g/mol. The quantitative estimate of drug-likeness (QED) is 0.696. The maximum absolute atomic E-state index is 12.0. The lowest BCUT2D eigenvalue weighted by Crippen LogP contribution is -2.26. The van der Waals surface area contributed by atoms with Crippen LogP contribution in [0.3, 0.4) is 0 Å². The van der Waals surface area contributed by atoms with Crippen molar-refractivity contribution in [3.05, 3.63) is 42.0 Å². The summed E-state index contributed by atoms with van der Waals surface area (Å²) >= 11 is 0. The zero-order valence-corrected chi connectivity index (χ0v) is 14.1. The van der Waals surface area contributed by atoms with E-state index < -0.39 is 0 Å². The number of carbonyl (C=O) groups is 1. The Balaban J connectivity index is 1.52. The third kappa shape index (κ3) is 4.46. The lowest BCUT2D eigenvalue weighted by atomic mass is 10.1. The van der Waals surface area contributed by atoms with E-state index in [1.807, 2.05) is 38.1 Å². The van der Waals surface area contributed by atoms with Crippen molar-refractivity contribution in [2.45, 2.75) is 39.3 Å². The van der Waals surface area contributed by atoms with E-state index >= 15 is 0 Å². The number of aryl methyl sites for hydroxylation is 2. The third-order valence-electron chi connectivity index (χ3n) is 3.65. The summed E-state index contributed by atoms with van der Waals surface area (Å²) < 4.78 is 6.86. The first-order valence-corrected chi connectivity index (χ1v) is 8.02. The number of carbonyl (C=O) groups excluding carboxylic acids is 1. The molecule has 0 aliphatic carbocycles. The van der Waals surface area contributed by atoms with Crippen molar-refractivity contribution < 1.29 is 9.32 Å². The Labute approximate surface area is 144 Å². The fourth-order valence-electron chi connectivity index (χ4n) is 2.37. The molecule has 2 aromatic heterocycles. The summed E-state index contributed by atoms with van der Waals surface area (Å²) in [6.07, 6.45) is 2.52. The van der Waals surface area contributed by atoms with Crippen LogP contribution in [0.25, 0.3) is 11.4 Å². The number of benzene rings is 1. The van der Waals surface area contributed by atoms with E-state index in [0.29, 0.717) is 31.1 Å². The predicted octanol–water partition coefficient (Wildman–Crippen LogP) is 1.69. The van der Waals surface area contributed by atoms with Crippen LogP contribution >= 0.6 is 0 Å². The van der Waals surface area contributed by atoms with E-state index in [2.05, 4.69) is 31.0 Å². The fourth-order valence-corrected chi connectivity index (χ4v) is 2.37. The van der Waals surface area contributed by atoms with Gasteiger partial charge in [-0.2, -0.15) is 4.98 Å². The highest BCUT2D eigenvalue weighted by Gasteiger charge is 2.17. The first kappa shape index (κ1) is 16.7. The van der Waals surface area contributed by atoms with Gasteiger partial charge in [0.15, 0.2) is 0 Å². The molecule has 9 heteroatoms. The summed E-state index contributed by atoms with van der Waals surface area (Å²) in [6, 6.07) is 7.49. The van der Waals surface area contributed by atoms with Crippen LogP contribution in [-0.4, -0.2) is 36.3 Å². The average Bonchev–Trinajstić information content (AvgIpc) is 3.26. The Morgan fingerprint density at radius 2 is 2.28 bits per heavy atom. The fraction of sp³-hybridized carbons (Fsp3) is 0.375. The lowest BCUT2D eigenvalue weighted by molar-refractivity contribution is -0.122. The Morgan fingerprint density at radius 1 is 1.40 bits per heavy atom. The van der Waals surface area contributed by atoms with Gasteiger partial charge in [0.1, 0.15) is 12.4 Å². The summed E-state index contributed by atoms with van der Waals surface area (Å²) in [7, 11) is 0. The molecule has 0 radical (unpaired) electrons. The molecular formula is C16H19N7O2. The van der Waals surface area contributed by atoms with Crippen molar-refractivity contribution >= 4 is 5.91 Å². The largest absolute Gasteiger partial charge is 0.345 e. The van der Waals surface area contributed by atoms with Crippen LogP contribution < -0.4 is 5.32 Å². The van der Waals surface area contributed by atoms with E-state index in [0.717, 1.165) is 11.1 Å². The highest BCUT2D eigenvalue weighted by atomic mass is 16.5. The van der Waals surface area contributed by atoms with Crippen molar-refractivity contribution in [1.29, 1.82) is 0 Å². The van der Waals surface area contributed by atoms with Crippen LogP contribution in [0.15, 0.2) is 35.1 Å². The first-order valence-electron chi connectivity index (χ1n) is 8.02. The molecule has 0 bridgehead atoms. The zero-order valence-electron chi connectivity index (χ0n) is 14.1. The molecular weight excluding hydrogens is 322 g/mol. The van der Waals surface area contributed by atoms with Gasteiger partial charge in [-0.15, -0.1) is 5.10 Å². The summed E-state index contributed by atoms with van der Waals surface area (Å²) in [6.45, 7) is 4.41. The van der Waals surface area contributed by atoms with Crippen LogP contribution in [0.2, 0.25) is 0 Å². The standard InChI is InChI=1S/C16H19N7O2/c1-11-5-3-6-13(9-11)15-19-16(25-20-15)12(2)18-14(24)7-4-8-23-10-17-21-22-23/h3,5-6,9-10,12H,4,7-8H2,1-2H3,(H,18,24)/t12-/m1/s1. The van der Waals surface area contributed by atoms with Gasteiger partial charge in [-0.25, -0.2) is 4.68 Å². The third-order valence-corrected chi connectivity index (χ3v) is 3.65. The Bertz CT molecular complexity index is 829. The Morgan fingerprint density at radius 3 is 3.04 bits per heavy atom. The second kappa shape index (κ2) is 7.65. The molecule has 0 spiro atoms. The van der Waals surface area contributed by atoms with Gasteiger partial charge >= 0.3 is 0 Å². The van der Waals surface area contributed by atoms with E-state index in [9.17, 15) is 4.79 Å². The molecule has 3 aromatic rings. The Hall–Kier alpha value is -3.10. The number of nitrogens with one attached hydrogen (secondary N) is 1. The minimum Gasteiger partial charge on any atom is -0.345 e. The van der Waals surface area contributed by atoms with Gasteiger partial charge in [0, 0.05) is 18.5 Å². The molecule has 9 nitrogen and oxygen atoms in total. The lowest BCUT2D eigenvalue weighted by Gasteiger charge is -2.09. The van der Waals surface area contributed by atoms with Crippen molar-refractivity contribution in [2.24, 2.45) is 0 Å². The zero-order chi connectivity index (χ0) is 17.6. The first-order chi connectivity index (χ1) is 12.1. The van der Waals surface area contributed by atoms with E-state index in [1.54, 1.807) is 4.68 Å². The monoisotopic (exact) mass is 341 g/mol. The molecule has 0 saturated carbocycles. The molecule has 1 atom stereocenters. The van der Waals surface area contributed by atoms with Crippen LogP contribution in [-0.2, 0) is 11.3 Å². The normalized spacial score (nSPS) is 12.1. The second-order valence-corrected chi connectivity index (χ2v) is 5.79. The molecule has 3 rings (SSSR count). The molecule has 0 saturated heterocycles. The molecule has 0 fully saturated rings. The number of aromatic nitrogens is 6. The molecule has 0 unspecified atom stereocenters. The van der Waals surface area contributed by atoms with Gasteiger partial charge in [-0.3, -0.25) is 4.79 Å². The van der Waals surface area contributed by atoms with Crippen LogP contribution in [0.1, 0.15) is 37.3 Å². The molecule has 130 valence electrons. The number of rotatable bonds is 7. The van der Waals surface area contributed by atoms with Crippen molar-refractivity contribution in [3.8, 4) is 11.4 Å². The van der Waals surface area contributed by atoms with Crippen molar-refractivity contribution in [3.63, 3.8) is 0 Å². The highest BCUT2D eigenvalue weighted by Crippen LogP contribution is 2.19. The minimum atomic E-state index is -0.355. The molecule has 1 aromatic carbocycles. The molecule has 1 amide bonds. The van der Waals surface area contributed by atoms with Crippen LogP contribution in [0, 0.1) is 6.92 Å². The topological polar surface area (TPSA) is 112 Å². The maximum Gasteiger partial charge on any atom is 0.249 e. The minimum absolute atomic E-state index is 0.0871. The molecule has 1 N–H and O–H groups in total. The van der Waals surface area contributed by atoms with E-state index in [4.69, 9.17) is 4.52 Å². The summed E-state index contributed by atoms with van der Waals surface area (Å²) in [5.74, 6) is 0.805. The van der Waals surface area contributed by atoms with E-state index in [-0.39, 0.29) is 11.9 Å². The maximum atomic E-state index is 12.0. The Kier molecular flexibility index (Phi) is 5.12. The smallest absolute Gasteiger partial charge is 0.249 e. The van der Waals surface area contributed by atoms with Crippen LogP contribution in [0.4, 0.5) is 0 Å². The SMILES string of the molecule is Cc1cccc(-c2noc([C@@H](C)NC(=O)CCCn3cnnn3)n2)c1.